The first-order chi connectivity index (χ1) is 38.2. The summed E-state index contributed by atoms with van der Waals surface area (Å²) in [6, 6.07) is 104. The molecule has 0 saturated carbocycles. The van der Waals surface area contributed by atoms with Gasteiger partial charge in [-0.25, -0.2) is 0 Å². The summed E-state index contributed by atoms with van der Waals surface area (Å²) >= 11 is 0. The Morgan fingerprint density at radius 1 is 0.195 bits per heavy atom. The number of aromatic nitrogens is 4. The minimum Gasteiger partial charge on any atom is -0.309 e. The Balaban J connectivity index is 0.958. The fraction of sp³-hybridized carbons (Fsp3) is 0.0137. The summed E-state index contributed by atoms with van der Waals surface area (Å²) in [5.41, 5.74) is 21.0. The number of hydrogen-bond acceptors (Lipinski definition) is 0. The van der Waals surface area contributed by atoms with E-state index in [9.17, 15) is 0 Å². The largest absolute Gasteiger partial charge is 0.309 e. The SMILES string of the molecule is c1ccc(-n2c3ccccc3c3cc(-n4c5ccccc5c5cc6c(cc54)C(c4ccccc4)(c4ccccc4)c4cc5c(cc4-6)c4ccccc4n5-c4ccc5c(c4)c4ccccc4n5-c4ccccc4)ccc32)cc1. The molecule has 1 aliphatic rings. The zero-order valence-corrected chi connectivity index (χ0v) is 41.8. The molecule has 0 atom stereocenters. The number of nitrogens with zero attached hydrogens (tertiary/aromatic N) is 4. The van der Waals surface area contributed by atoms with Crippen molar-refractivity contribution >= 4 is 87.2 Å². The second kappa shape index (κ2) is 15.9. The van der Waals surface area contributed by atoms with Crippen LogP contribution in [0.5, 0.6) is 0 Å². The molecule has 0 N–H and O–H groups in total. The second-order valence-corrected chi connectivity index (χ2v) is 20.8. The summed E-state index contributed by atoms with van der Waals surface area (Å²) in [5, 5.41) is 9.86. The number of benzene rings is 12. The van der Waals surface area contributed by atoms with Gasteiger partial charge in [-0.1, -0.05) is 170 Å². The molecule has 0 radical (unpaired) electrons. The molecule has 0 bridgehead atoms. The third kappa shape index (κ3) is 5.76. The van der Waals surface area contributed by atoms with Crippen molar-refractivity contribution < 1.29 is 0 Å². The van der Waals surface area contributed by atoms with Crippen LogP contribution in [-0.2, 0) is 5.41 Å². The molecule has 0 saturated heterocycles. The van der Waals surface area contributed by atoms with Crippen LogP contribution in [0.4, 0.5) is 0 Å². The van der Waals surface area contributed by atoms with Gasteiger partial charge in [0.25, 0.3) is 0 Å². The van der Waals surface area contributed by atoms with Gasteiger partial charge in [0.1, 0.15) is 0 Å². The van der Waals surface area contributed by atoms with Gasteiger partial charge in [0.15, 0.2) is 0 Å². The van der Waals surface area contributed by atoms with Crippen LogP contribution in [0.25, 0.3) is 121 Å². The molecular formula is C73H46N4. The molecule has 16 aromatic rings. The van der Waals surface area contributed by atoms with E-state index in [0.29, 0.717) is 0 Å². The van der Waals surface area contributed by atoms with Gasteiger partial charge in [-0.15, -0.1) is 0 Å². The summed E-state index contributed by atoms with van der Waals surface area (Å²) in [5.74, 6) is 0. The van der Waals surface area contributed by atoms with Gasteiger partial charge in [-0.2, -0.15) is 0 Å². The summed E-state index contributed by atoms with van der Waals surface area (Å²) in [7, 11) is 0. The summed E-state index contributed by atoms with van der Waals surface area (Å²) in [6.07, 6.45) is 0. The lowest BCUT2D eigenvalue weighted by Crippen LogP contribution is -2.28. The van der Waals surface area contributed by atoms with E-state index in [1.165, 1.54) is 121 Å². The number of fused-ring (bicyclic) bond motifs is 15. The minimum atomic E-state index is -0.668. The van der Waals surface area contributed by atoms with E-state index in [0.717, 1.165) is 22.7 Å². The molecule has 4 nitrogen and oxygen atoms in total. The van der Waals surface area contributed by atoms with Crippen molar-refractivity contribution in [2.45, 2.75) is 5.41 Å². The molecule has 12 aromatic carbocycles. The van der Waals surface area contributed by atoms with Gasteiger partial charge >= 0.3 is 0 Å². The molecule has 0 fully saturated rings. The molecule has 0 aliphatic heterocycles. The van der Waals surface area contributed by atoms with Crippen molar-refractivity contribution in [1.29, 1.82) is 0 Å². The van der Waals surface area contributed by atoms with Crippen LogP contribution in [0.1, 0.15) is 22.3 Å². The quantitative estimate of drug-likeness (QED) is 0.158. The molecule has 1 aliphatic carbocycles. The molecule has 4 heteroatoms. The lowest BCUT2D eigenvalue weighted by Gasteiger charge is -2.34. The van der Waals surface area contributed by atoms with Crippen molar-refractivity contribution in [2.75, 3.05) is 0 Å². The van der Waals surface area contributed by atoms with E-state index in [2.05, 4.69) is 297 Å². The third-order valence-corrected chi connectivity index (χ3v) is 17.0. The summed E-state index contributed by atoms with van der Waals surface area (Å²) in [6.45, 7) is 0. The first-order valence-corrected chi connectivity index (χ1v) is 26.7. The van der Waals surface area contributed by atoms with Gasteiger partial charge < -0.3 is 18.3 Å². The molecular weight excluding hydrogens is 933 g/mol. The third-order valence-electron chi connectivity index (χ3n) is 17.0. The molecule has 0 spiro atoms. The molecule has 4 heterocycles. The molecule has 4 aromatic heterocycles. The Bertz CT molecular complexity index is 4750. The maximum Gasteiger partial charge on any atom is 0.0715 e. The van der Waals surface area contributed by atoms with Crippen LogP contribution < -0.4 is 0 Å². The van der Waals surface area contributed by atoms with Crippen molar-refractivity contribution in [1.82, 2.24) is 18.3 Å². The predicted octanol–water partition coefficient (Wildman–Crippen LogP) is 18.4. The fourth-order valence-corrected chi connectivity index (χ4v) is 13.9. The highest BCUT2D eigenvalue weighted by molar-refractivity contribution is 6.17. The van der Waals surface area contributed by atoms with Crippen LogP contribution in [0.15, 0.2) is 279 Å². The number of para-hydroxylation sites is 6. The van der Waals surface area contributed by atoms with E-state index < -0.39 is 5.41 Å². The first kappa shape index (κ1) is 42.2. The Labute approximate surface area is 443 Å². The van der Waals surface area contributed by atoms with E-state index in [1.807, 2.05) is 0 Å². The van der Waals surface area contributed by atoms with Crippen LogP contribution in [-0.4, -0.2) is 18.3 Å². The Hall–Kier alpha value is -10.2. The Kier molecular flexibility index (Phi) is 8.73. The fourth-order valence-electron chi connectivity index (χ4n) is 13.9. The Morgan fingerprint density at radius 3 is 0.844 bits per heavy atom. The number of hydrogen-bond donors (Lipinski definition) is 0. The number of rotatable bonds is 6. The van der Waals surface area contributed by atoms with Crippen LogP contribution >= 0.6 is 0 Å². The van der Waals surface area contributed by atoms with Gasteiger partial charge in [0.2, 0.25) is 0 Å². The zero-order chi connectivity index (χ0) is 50.3. The highest BCUT2D eigenvalue weighted by atomic mass is 15.0. The van der Waals surface area contributed by atoms with Crippen LogP contribution in [0, 0.1) is 0 Å². The zero-order valence-electron chi connectivity index (χ0n) is 41.8. The topological polar surface area (TPSA) is 19.7 Å². The predicted molar refractivity (Wildman–Crippen MR) is 321 cm³/mol. The normalized spacial score (nSPS) is 13.0. The van der Waals surface area contributed by atoms with Gasteiger partial charge in [0.05, 0.1) is 49.5 Å². The first-order valence-electron chi connectivity index (χ1n) is 26.7. The van der Waals surface area contributed by atoms with Crippen molar-refractivity contribution in [2.24, 2.45) is 0 Å². The highest BCUT2D eigenvalue weighted by Crippen LogP contribution is 2.59. The van der Waals surface area contributed by atoms with E-state index >= 15 is 0 Å². The van der Waals surface area contributed by atoms with Crippen molar-refractivity contribution in [3.8, 4) is 33.9 Å². The minimum absolute atomic E-state index is 0.668. The Morgan fingerprint density at radius 2 is 0.481 bits per heavy atom. The van der Waals surface area contributed by atoms with Crippen molar-refractivity contribution in [3.63, 3.8) is 0 Å². The smallest absolute Gasteiger partial charge is 0.0715 e. The average molecular weight is 979 g/mol. The summed E-state index contributed by atoms with van der Waals surface area (Å²) < 4.78 is 9.84. The standard InChI is InChI=1S/C73H46N4/c1-5-21-47(22-6-1)73(48-23-7-2-8-24-48)63-45-71-61(55-31-15-19-35-67(55)76(71)51-37-39-69-59(41-51)53-29-13-17-33-65(53)74(69)49-25-9-3-10-26-49)43-57(63)58-44-62-56-32-16-20-36-68(56)77(72(62)46-64(58)73)52-38-40-70-60(42-52)54-30-14-18-34-66(54)75(70)50-27-11-4-12-28-50/h1-46H. The molecule has 0 amide bonds. The molecule has 358 valence electrons. The molecule has 77 heavy (non-hydrogen) atoms. The lowest BCUT2D eigenvalue weighted by molar-refractivity contribution is 0.770. The monoisotopic (exact) mass is 978 g/mol. The van der Waals surface area contributed by atoms with Crippen LogP contribution in [0.2, 0.25) is 0 Å². The second-order valence-electron chi connectivity index (χ2n) is 20.8. The van der Waals surface area contributed by atoms with E-state index in [-0.39, 0.29) is 0 Å². The average Bonchev–Trinajstić information content (AvgIpc) is 4.27. The maximum absolute atomic E-state index is 2.55. The molecule has 17 rings (SSSR count). The molecule has 0 unspecified atom stereocenters. The van der Waals surface area contributed by atoms with E-state index in [1.54, 1.807) is 0 Å². The van der Waals surface area contributed by atoms with Crippen molar-refractivity contribution in [3.05, 3.63) is 301 Å². The maximum atomic E-state index is 2.55. The van der Waals surface area contributed by atoms with Gasteiger partial charge in [-0.05, 0) is 143 Å². The summed E-state index contributed by atoms with van der Waals surface area (Å²) in [4.78, 5) is 0. The van der Waals surface area contributed by atoms with E-state index in [4.69, 9.17) is 0 Å². The highest BCUT2D eigenvalue weighted by Gasteiger charge is 2.47. The lowest BCUT2D eigenvalue weighted by atomic mass is 9.67. The van der Waals surface area contributed by atoms with Crippen LogP contribution in [0.3, 0.4) is 0 Å². The van der Waals surface area contributed by atoms with Gasteiger partial charge in [-0.3, -0.25) is 0 Å². The van der Waals surface area contributed by atoms with Gasteiger partial charge in [0, 0.05) is 65.8 Å².